The quantitative estimate of drug-likeness (QED) is 0.778. The van der Waals surface area contributed by atoms with Crippen LogP contribution < -0.4 is 0 Å². The average molecular weight is 310 g/mol. The van der Waals surface area contributed by atoms with Gasteiger partial charge >= 0.3 is 0 Å². The number of aromatic nitrogens is 2. The third-order valence-electron chi connectivity index (χ3n) is 1.98. The summed E-state index contributed by atoms with van der Waals surface area (Å²) in [5.41, 5.74) is 0.737. The molecule has 0 unspecified atom stereocenters. The molecule has 90 valence electrons. The van der Waals surface area contributed by atoms with Crippen molar-refractivity contribution in [1.29, 1.82) is 0 Å². The predicted molar refractivity (Wildman–Crippen MR) is 76.0 cm³/mol. The van der Waals surface area contributed by atoms with Gasteiger partial charge in [0.25, 0.3) is 0 Å². The van der Waals surface area contributed by atoms with Crippen LogP contribution in [0.2, 0.25) is 10.0 Å². The van der Waals surface area contributed by atoms with Gasteiger partial charge in [-0.05, 0) is 12.1 Å². The van der Waals surface area contributed by atoms with E-state index in [-0.39, 0.29) is 12.4 Å². The zero-order chi connectivity index (χ0) is 11.5. The minimum Gasteiger partial charge on any atom is -0.312 e. The van der Waals surface area contributed by atoms with E-state index in [1.165, 1.54) is 0 Å². The lowest BCUT2D eigenvalue weighted by Gasteiger charge is -2.03. The van der Waals surface area contributed by atoms with E-state index in [4.69, 9.17) is 34.8 Å². The fraction of sp³-hybridized carbons (Fsp3) is 0. The highest BCUT2D eigenvalue weighted by Crippen LogP contribution is 2.29. The summed E-state index contributed by atoms with van der Waals surface area (Å²) in [6, 6.07) is 5.18. The Labute approximate surface area is 120 Å². The first-order valence-corrected chi connectivity index (χ1v) is 5.60. The summed E-state index contributed by atoms with van der Waals surface area (Å²) in [6.07, 6.45) is 6.83. The molecular weight excluding hydrogens is 302 g/mol. The summed E-state index contributed by atoms with van der Waals surface area (Å²) < 4.78 is 1.74. The predicted octanol–water partition coefficient (Wildman–Crippen LogP) is 4.81. The van der Waals surface area contributed by atoms with Crippen LogP contribution in [-0.2, 0) is 0 Å². The molecule has 0 fully saturated rings. The molecule has 0 aliphatic carbocycles. The van der Waals surface area contributed by atoms with Crippen LogP contribution in [0, 0.1) is 0 Å². The summed E-state index contributed by atoms with van der Waals surface area (Å²) in [7, 11) is 0. The molecule has 6 heteroatoms. The molecule has 0 bridgehead atoms. The van der Waals surface area contributed by atoms with Crippen LogP contribution in [0.5, 0.6) is 0 Å². The van der Waals surface area contributed by atoms with Gasteiger partial charge in [0.1, 0.15) is 0 Å². The highest BCUT2D eigenvalue weighted by atomic mass is 35.5. The van der Waals surface area contributed by atoms with Crippen molar-refractivity contribution in [2.75, 3.05) is 0 Å². The number of halogens is 4. The van der Waals surface area contributed by atoms with Gasteiger partial charge in [0, 0.05) is 29.2 Å². The maximum Gasteiger partial charge on any atom is 0.0987 e. The number of benzene rings is 1. The number of nitrogens with zero attached hydrogens (tertiary/aromatic N) is 2. The summed E-state index contributed by atoms with van der Waals surface area (Å²) in [4.78, 5) is 3.91. The SMILES string of the molecule is Cl.ClC(=Cn1ccnc1)c1ccc(Cl)cc1Cl. The van der Waals surface area contributed by atoms with Gasteiger partial charge in [0.2, 0.25) is 0 Å². The molecule has 0 saturated heterocycles. The minimum atomic E-state index is 0. The van der Waals surface area contributed by atoms with Crippen molar-refractivity contribution in [3.63, 3.8) is 0 Å². The van der Waals surface area contributed by atoms with Crippen molar-refractivity contribution in [2.45, 2.75) is 0 Å². The van der Waals surface area contributed by atoms with Crippen LogP contribution in [0.15, 0.2) is 36.9 Å². The standard InChI is InChI=1S/C11H7Cl3N2.ClH/c12-8-1-2-9(10(13)5-8)11(14)6-16-4-3-15-7-16;/h1-7H;1H. The van der Waals surface area contributed by atoms with E-state index in [2.05, 4.69) is 4.98 Å². The highest BCUT2D eigenvalue weighted by Gasteiger charge is 2.04. The van der Waals surface area contributed by atoms with Crippen LogP contribution >= 0.6 is 47.2 Å². The molecule has 0 amide bonds. The fourth-order valence-electron chi connectivity index (χ4n) is 1.23. The maximum atomic E-state index is 6.14. The Morgan fingerprint density at radius 3 is 2.65 bits per heavy atom. The molecule has 2 rings (SSSR count). The molecule has 0 atom stereocenters. The van der Waals surface area contributed by atoms with Crippen molar-refractivity contribution >= 4 is 58.4 Å². The molecule has 1 heterocycles. The lowest BCUT2D eigenvalue weighted by Crippen LogP contribution is -1.84. The van der Waals surface area contributed by atoms with Crippen molar-refractivity contribution < 1.29 is 0 Å². The number of rotatable bonds is 2. The summed E-state index contributed by atoms with van der Waals surface area (Å²) >= 11 is 18.0. The van der Waals surface area contributed by atoms with E-state index in [0.717, 1.165) is 5.56 Å². The van der Waals surface area contributed by atoms with Gasteiger partial charge < -0.3 is 4.57 Å². The van der Waals surface area contributed by atoms with Gasteiger partial charge in [0.15, 0.2) is 0 Å². The van der Waals surface area contributed by atoms with E-state index in [1.807, 2.05) is 0 Å². The van der Waals surface area contributed by atoms with Crippen molar-refractivity contribution in [2.24, 2.45) is 0 Å². The van der Waals surface area contributed by atoms with Gasteiger partial charge in [-0.3, -0.25) is 0 Å². The zero-order valence-electron chi connectivity index (χ0n) is 8.48. The Bertz CT molecular complexity index is 520. The Hall–Kier alpha value is -0.670. The van der Waals surface area contributed by atoms with Crippen molar-refractivity contribution in [1.82, 2.24) is 9.55 Å². The van der Waals surface area contributed by atoms with Crippen LogP contribution in [0.1, 0.15) is 5.56 Å². The van der Waals surface area contributed by atoms with E-state index in [9.17, 15) is 0 Å². The Morgan fingerprint density at radius 2 is 2.06 bits per heavy atom. The second-order valence-electron chi connectivity index (χ2n) is 3.11. The lowest BCUT2D eigenvalue weighted by molar-refractivity contribution is 1.14. The molecule has 0 N–H and O–H groups in total. The van der Waals surface area contributed by atoms with Gasteiger partial charge in [0.05, 0.1) is 16.4 Å². The first-order valence-electron chi connectivity index (χ1n) is 4.47. The molecule has 1 aromatic carbocycles. The summed E-state index contributed by atoms with van der Waals surface area (Å²) in [5.74, 6) is 0. The second kappa shape index (κ2) is 6.31. The Kier molecular flexibility index (Phi) is 5.34. The van der Waals surface area contributed by atoms with E-state index in [0.29, 0.717) is 15.1 Å². The monoisotopic (exact) mass is 308 g/mol. The fourth-order valence-corrected chi connectivity index (χ4v) is 2.07. The number of imidazole rings is 1. The molecule has 17 heavy (non-hydrogen) atoms. The maximum absolute atomic E-state index is 6.14. The Balaban J connectivity index is 0.00000144. The molecule has 0 spiro atoms. The molecule has 2 nitrogen and oxygen atoms in total. The van der Waals surface area contributed by atoms with E-state index >= 15 is 0 Å². The van der Waals surface area contributed by atoms with Crippen molar-refractivity contribution in [3.8, 4) is 0 Å². The highest BCUT2D eigenvalue weighted by molar-refractivity contribution is 6.52. The van der Waals surface area contributed by atoms with Crippen LogP contribution in [0.3, 0.4) is 0 Å². The topological polar surface area (TPSA) is 17.8 Å². The molecule has 2 aromatic rings. The second-order valence-corrected chi connectivity index (χ2v) is 4.36. The molecule has 0 aliphatic rings. The number of hydrogen-bond acceptors (Lipinski definition) is 1. The summed E-state index contributed by atoms with van der Waals surface area (Å²) in [5, 5.41) is 1.63. The van der Waals surface area contributed by atoms with Gasteiger partial charge in [-0.25, -0.2) is 4.98 Å². The van der Waals surface area contributed by atoms with Gasteiger partial charge in [-0.2, -0.15) is 0 Å². The molecule has 0 saturated carbocycles. The van der Waals surface area contributed by atoms with E-state index < -0.39 is 0 Å². The largest absolute Gasteiger partial charge is 0.312 e. The minimum absolute atomic E-state index is 0. The smallest absolute Gasteiger partial charge is 0.0987 e. The van der Waals surface area contributed by atoms with Crippen LogP contribution in [-0.4, -0.2) is 9.55 Å². The van der Waals surface area contributed by atoms with Crippen LogP contribution in [0.4, 0.5) is 0 Å². The van der Waals surface area contributed by atoms with Gasteiger partial charge in [-0.1, -0.05) is 40.9 Å². The first-order chi connectivity index (χ1) is 7.66. The third-order valence-corrected chi connectivity index (χ3v) is 2.82. The lowest BCUT2D eigenvalue weighted by atomic mass is 10.2. The molecule has 1 aromatic heterocycles. The first kappa shape index (κ1) is 14.4. The summed E-state index contributed by atoms with van der Waals surface area (Å²) in [6.45, 7) is 0. The van der Waals surface area contributed by atoms with Crippen LogP contribution in [0.25, 0.3) is 11.2 Å². The third kappa shape index (κ3) is 3.65. The molecule has 0 radical (unpaired) electrons. The molecule has 0 aliphatic heterocycles. The zero-order valence-corrected chi connectivity index (χ0v) is 11.6. The Morgan fingerprint density at radius 1 is 1.29 bits per heavy atom. The van der Waals surface area contributed by atoms with Gasteiger partial charge in [-0.15, -0.1) is 12.4 Å². The number of hydrogen-bond donors (Lipinski definition) is 0. The normalized spacial score (nSPS) is 11.1. The average Bonchev–Trinajstić information content (AvgIpc) is 2.70. The molecular formula is C11H8Cl4N2. The van der Waals surface area contributed by atoms with E-state index in [1.54, 1.807) is 47.7 Å². The van der Waals surface area contributed by atoms with Crippen molar-refractivity contribution in [3.05, 3.63) is 52.5 Å².